The molecule has 1 saturated heterocycles. The molecule has 4 rings (SSSR count). The SMILES string of the molecule is O=C(CC1C=CCC1)N1CCCC(c2nc(-c3cccc(Cl)c3)no2)C1. The maximum absolute atomic E-state index is 12.6. The van der Waals surface area contributed by atoms with Crippen molar-refractivity contribution in [2.24, 2.45) is 5.92 Å². The first-order chi connectivity index (χ1) is 12.7. The molecule has 0 radical (unpaired) electrons. The molecule has 136 valence electrons. The van der Waals surface area contributed by atoms with E-state index in [-0.39, 0.29) is 11.8 Å². The standard InChI is InChI=1S/C20H22ClN3O2/c21-17-9-3-7-15(12-17)19-22-20(26-23-19)16-8-4-10-24(13-16)18(25)11-14-5-1-2-6-14/h1,3,5,7,9,12,14,16H,2,4,6,8,10-11,13H2. The average molecular weight is 372 g/mol. The third kappa shape index (κ3) is 3.83. The van der Waals surface area contributed by atoms with Gasteiger partial charge in [0.15, 0.2) is 0 Å². The molecule has 1 aliphatic carbocycles. The van der Waals surface area contributed by atoms with Gasteiger partial charge in [-0.15, -0.1) is 0 Å². The van der Waals surface area contributed by atoms with Crippen LogP contribution in [0.5, 0.6) is 0 Å². The van der Waals surface area contributed by atoms with Crippen molar-refractivity contribution in [3.63, 3.8) is 0 Å². The molecule has 2 heterocycles. The number of hydrogen-bond acceptors (Lipinski definition) is 4. The third-order valence-electron chi connectivity index (χ3n) is 5.20. The number of allylic oxidation sites excluding steroid dienone is 2. The molecule has 6 heteroatoms. The highest BCUT2D eigenvalue weighted by Crippen LogP contribution is 2.29. The van der Waals surface area contributed by atoms with Gasteiger partial charge in [0.05, 0.1) is 5.92 Å². The number of amides is 1. The van der Waals surface area contributed by atoms with Crippen molar-refractivity contribution in [3.05, 3.63) is 47.3 Å². The number of piperidine rings is 1. The zero-order valence-corrected chi connectivity index (χ0v) is 15.4. The minimum Gasteiger partial charge on any atom is -0.342 e. The van der Waals surface area contributed by atoms with E-state index >= 15 is 0 Å². The van der Waals surface area contributed by atoms with Crippen molar-refractivity contribution < 1.29 is 9.32 Å². The predicted octanol–water partition coefficient (Wildman–Crippen LogP) is 4.45. The van der Waals surface area contributed by atoms with Crippen LogP contribution in [0.3, 0.4) is 0 Å². The number of benzene rings is 1. The van der Waals surface area contributed by atoms with Crippen LogP contribution in [0.4, 0.5) is 0 Å². The summed E-state index contributed by atoms with van der Waals surface area (Å²) < 4.78 is 5.51. The molecule has 1 aromatic carbocycles. The molecule has 2 aliphatic rings. The van der Waals surface area contributed by atoms with Gasteiger partial charge in [-0.1, -0.05) is 41.0 Å². The van der Waals surface area contributed by atoms with Gasteiger partial charge < -0.3 is 9.42 Å². The lowest BCUT2D eigenvalue weighted by Crippen LogP contribution is -2.39. The summed E-state index contributed by atoms with van der Waals surface area (Å²) in [7, 11) is 0. The number of hydrogen-bond donors (Lipinski definition) is 0. The molecule has 0 N–H and O–H groups in total. The molecule has 0 saturated carbocycles. The van der Waals surface area contributed by atoms with Gasteiger partial charge in [-0.05, 0) is 43.7 Å². The topological polar surface area (TPSA) is 59.2 Å². The van der Waals surface area contributed by atoms with Gasteiger partial charge in [0, 0.05) is 30.1 Å². The first-order valence-electron chi connectivity index (χ1n) is 9.23. The summed E-state index contributed by atoms with van der Waals surface area (Å²) in [5.74, 6) is 1.90. The fourth-order valence-electron chi connectivity index (χ4n) is 3.77. The molecule has 1 fully saturated rings. The lowest BCUT2D eigenvalue weighted by Gasteiger charge is -2.31. The van der Waals surface area contributed by atoms with Crippen LogP contribution in [0.25, 0.3) is 11.4 Å². The number of aromatic nitrogens is 2. The lowest BCUT2D eigenvalue weighted by atomic mass is 9.96. The van der Waals surface area contributed by atoms with Gasteiger partial charge in [0.1, 0.15) is 0 Å². The van der Waals surface area contributed by atoms with Gasteiger partial charge in [0.25, 0.3) is 0 Å². The summed E-state index contributed by atoms with van der Waals surface area (Å²) in [6.45, 7) is 1.48. The molecule has 5 nitrogen and oxygen atoms in total. The van der Waals surface area contributed by atoms with Crippen LogP contribution in [-0.2, 0) is 4.79 Å². The molecule has 2 aromatic rings. The van der Waals surface area contributed by atoms with Crippen molar-refractivity contribution in [1.82, 2.24) is 15.0 Å². The zero-order chi connectivity index (χ0) is 17.9. The molecule has 26 heavy (non-hydrogen) atoms. The summed E-state index contributed by atoms with van der Waals surface area (Å²) in [5, 5.41) is 4.74. The summed E-state index contributed by atoms with van der Waals surface area (Å²) in [6, 6.07) is 7.41. The fourth-order valence-corrected chi connectivity index (χ4v) is 3.96. The minimum absolute atomic E-state index is 0.104. The van der Waals surface area contributed by atoms with E-state index in [0.29, 0.717) is 35.6 Å². The van der Waals surface area contributed by atoms with Gasteiger partial charge in [0.2, 0.25) is 17.6 Å². The first-order valence-corrected chi connectivity index (χ1v) is 9.61. The summed E-state index contributed by atoms with van der Waals surface area (Å²) in [4.78, 5) is 19.1. The van der Waals surface area contributed by atoms with E-state index in [1.807, 2.05) is 29.2 Å². The van der Waals surface area contributed by atoms with Crippen molar-refractivity contribution in [1.29, 1.82) is 0 Å². The zero-order valence-electron chi connectivity index (χ0n) is 14.6. The molecule has 1 aromatic heterocycles. The van der Waals surface area contributed by atoms with Gasteiger partial charge in [-0.3, -0.25) is 4.79 Å². The number of halogens is 1. The molecule has 0 spiro atoms. The van der Waals surface area contributed by atoms with Gasteiger partial charge >= 0.3 is 0 Å². The van der Waals surface area contributed by atoms with E-state index < -0.39 is 0 Å². The van der Waals surface area contributed by atoms with Crippen LogP contribution >= 0.6 is 11.6 Å². The quantitative estimate of drug-likeness (QED) is 0.745. The van der Waals surface area contributed by atoms with E-state index in [1.54, 1.807) is 0 Å². The smallest absolute Gasteiger partial charge is 0.231 e. The van der Waals surface area contributed by atoms with Crippen molar-refractivity contribution in [2.45, 2.75) is 38.0 Å². The highest BCUT2D eigenvalue weighted by Gasteiger charge is 2.29. The number of nitrogens with zero attached hydrogens (tertiary/aromatic N) is 3. The summed E-state index contributed by atoms with van der Waals surface area (Å²) >= 11 is 6.04. The fraction of sp³-hybridized carbons (Fsp3) is 0.450. The Bertz CT molecular complexity index is 817. The Labute approximate surface area is 158 Å². The van der Waals surface area contributed by atoms with E-state index in [1.165, 1.54) is 0 Å². The van der Waals surface area contributed by atoms with Crippen molar-refractivity contribution >= 4 is 17.5 Å². The third-order valence-corrected chi connectivity index (χ3v) is 5.43. The number of carbonyl (C=O) groups is 1. The molecule has 0 bridgehead atoms. The van der Waals surface area contributed by atoms with Crippen LogP contribution in [0.1, 0.15) is 43.9 Å². The Balaban J connectivity index is 1.43. The maximum Gasteiger partial charge on any atom is 0.231 e. The maximum atomic E-state index is 12.6. The van der Waals surface area contributed by atoms with Crippen LogP contribution in [-0.4, -0.2) is 34.0 Å². The Morgan fingerprint density at radius 2 is 2.27 bits per heavy atom. The monoisotopic (exact) mass is 371 g/mol. The Hall–Kier alpha value is -2.14. The normalized spacial score (nSPS) is 22.7. The van der Waals surface area contributed by atoms with Crippen LogP contribution < -0.4 is 0 Å². The molecule has 1 aliphatic heterocycles. The highest BCUT2D eigenvalue weighted by molar-refractivity contribution is 6.30. The number of carbonyl (C=O) groups excluding carboxylic acids is 1. The van der Waals surface area contributed by atoms with Crippen molar-refractivity contribution in [2.75, 3.05) is 13.1 Å². The number of likely N-dealkylation sites (tertiary alicyclic amines) is 1. The Morgan fingerprint density at radius 3 is 3.08 bits per heavy atom. The second-order valence-corrected chi connectivity index (χ2v) is 7.55. The molecule has 2 atom stereocenters. The van der Waals surface area contributed by atoms with Crippen molar-refractivity contribution in [3.8, 4) is 11.4 Å². The Morgan fingerprint density at radius 1 is 1.35 bits per heavy atom. The Kier molecular flexibility index (Phi) is 5.07. The summed E-state index contributed by atoms with van der Waals surface area (Å²) in [6.07, 6.45) is 9.07. The van der Waals surface area contributed by atoms with E-state index in [9.17, 15) is 4.79 Å². The highest BCUT2D eigenvalue weighted by atomic mass is 35.5. The van der Waals surface area contributed by atoms with E-state index in [4.69, 9.17) is 16.1 Å². The summed E-state index contributed by atoms with van der Waals surface area (Å²) in [5.41, 5.74) is 0.837. The van der Waals surface area contributed by atoms with Gasteiger partial charge in [-0.2, -0.15) is 4.98 Å². The first kappa shape index (κ1) is 17.3. The molecule has 1 amide bonds. The number of rotatable bonds is 4. The molecule has 2 unspecified atom stereocenters. The van der Waals surface area contributed by atoms with E-state index in [2.05, 4.69) is 22.3 Å². The largest absolute Gasteiger partial charge is 0.342 e. The van der Waals surface area contributed by atoms with E-state index in [0.717, 1.165) is 37.8 Å². The second-order valence-electron chi connectivity index (χ2n) is 7.12. The lowest BCUT2D eigenvalue weighted by molar-refractivity contribution is -0.133. The predicted molar refractivity (Wildman–Crippen MR) is 99.8 cm³/mol. The average Bonchev–Trinajstić information content (AvgIpc) is 3.34. The minimum atomic E-state index is 0.104. The molecular weight excluding hydrogens is 350 g/mol. The van der Waals surface area contributed by atoms with Crippen LogP contribution in [0.15, 0.2) is 40.9 Å². The molecular formula is C20H22ClN3O2. The van der Waals surface area contributed by atoms with Crippen LogP contribution in [0.2, 0.25) is 5.02 Å². The van der Waals surface area contributed by atoms with Crippen LogP contribution in [0, 0.1) is 5.92 Å². The van der Waals surface area contributed by atoms with Gasteiger partial charge in [-0.25, -0.2) is 0 Å². The second kappa shape index (κ2) is 7.62.